The van der Waals surface area contributed by atoms with Crippen LogP contribution in [0, 0.1) is 11.6 Å². The topological polar surface area (TPSA) is 68.0 Å². The van der Waals surface area contributed by atoms with Gasteiger partial charge >= 0.3 is 0 Å². The van der Waals surface area contributed by atoms with E-state index in [4.69, 9.17) is 4.52 Å². The molecule has 28 heavy (non-hydrogen) atoms. The van der Waals surface area contributed by atoms with Gasteiger partial charge in [0.2, 0.25) is 5.82 Å². The molecule has 0 unspecified atom stereocenters. The summed E-state index contributed by atoms with van der Waals surface area (Å²) in [6, 6.07) is 18.2. The lowest BCUT2D eigenvalue weighted by molar-refractivity contribution is 0.102. The molecule has 1 aromatic heterocycles. The summed E-state index contributed by atoms with van der Waals surface area (Å²) < 4.78 is 32.2. The first-order chi connectivity index (χ1) is 13.6. The van der Waals surface area contributed by atoms with E-state index in [2.05, 4.69) is 15.5 Å². The van der Waals surface area contributed by atoms with Crippen LogP contribution in [0.15, 0.2) is 77.3 Å². The molecule has 0 atom stereocenters. The molecule has 0 radical (unpaired) electrons. The number of para-hydroxylation sites is 1. The van der Waals surface area contributed by atoms with Gasteiger partial charge in [0.1, 0.15) is 11.6 Å². The SMILES string of the molecule is O=C(Nc1ccccc1-c1nc(-c2ccc(F)cc2)no1)c1ccccc1F. The second-order valence-corrected chi connectivity index (χ2v) is 5.91. The zero-order valence-corrected chi connectivity index (χ0v) is 14.4. The van der Waals surface area contributed by atoms with Crippen LogP contribution in [0.2, 0.25) is 0 Å². The van der Waals surface area contributed by atoms with Crippen LogP contribution in [0.1, 0.15) is 10.4 Å². The van der Waals surface area contributed by atoms with Gasteiger partial charge in [-0.25, -0.2) is 8.78 Å². The molecular weight excluding hydrogens is 364 g/mol. The lowest BCUT2D eigenvalue weighted by atomic mass is 10.1. The highest BCUT2D eigenvalue weighted by molar-refractivity contribution is 6.06. The van der Waals surface area contributed by atoms with Crippen LogP contribution >= 0.6 is 0 Å². The van der Waals surface area contributed by atoms with Crippen molar-refractivity contribution in [2.24, 2.45) is 0 Å². The lowest BCUT2D eigenvalue weighted by Gasteiger charge is -2.09. The molecule has 1 N–H and O–H groups in total. The predicted molar refractivity (Wildman–Crippen MR) is 99.5 cm³/mol. The maximum absolute atomic E-state index is 13.9. The Morgan fingerprint density at radius 3 is 2.39 bits per heavy atom. The van der Waals surface area contributed by atoms with E-state index in [1.165, 1.54) is 42.5 Å². The van der Waals surface area contributed by atoms with E-state index in [1.807, 2.05) is 0 Å². The Morgan fingerprint density at radius 1 is 0.893 bits per heavy atom. The van der Waals surface area contributed by atoms with Crippen molar-refractivity contribution >= 4 is 11.6 Å². The van der Waals surface area contributed by atoms with Crippen molar-refractivity contribution in [3.63, 3.8) is 0 Å². The monoisotopic (exact) mass is 377 g/mol. The first kappa shape index (κ1) is 17.5. The molecule has 0 aliphatic heterocycles. The number of benzene rings is 3. The number of nitrogens with zero attached hydrogens (tertiary/aromatic N) is 2. The zero-order chi connectivity index (χ0) is 19.5. The van der Waals surface area contributed by atoms with E-state index >= 15 is 0 Å². The van der Waals surface area contributed by atoms with Crippen LogP contribution in [0.4, 0.5) is 14.5 Å². The maximum Gasteiger partial charge on any atom is 0.260 e. The summed E-state index contributed by atoms with van der Waals surface area (Å²) in [5.41, 5.74) is 1.39. The second-order valence-electron chi connectivity index (χ2n) is 5.91. The van der Waals surface area contributed by atoms with Crippen LogP contribution in [-0.2, 0) is 0 Å². The highest BCUT2D eigenvalue weighted by Crippen LogP contribution is 2.29. The van der Waals surface area contributed by atoms with Gasteiger partial charge in [-0.15, -0.1) is 0 Å². The summed E-state index contributed by atoms with van der Waals surface area (Å²) >= 11 is 0. The van der Waals surface area contributed by atoms with Crippen molar-refractivity contribution in [1.82, 2.24) is 10.1 Å². The summed E-state index contributed by atoms with van der Waals surface area (Å²) in [7, 11) is 0. The number of halogens is 2. The number of amides is 1. The normalized spacial score (nSPS) is 10.6. The molecule has 0 spiro atoms. The van der Waals surface area contributed by atoms with Gasteiger partial charge < -0.3 is 9.84 Å². The van der Waals surface area contributed by atoms with E-state index in [0.717, 1.165) is 0 Å². The Hall–Kier alpha value is -3.87. The minimum atomic E-state index is -0.617. The molecular formula is C21H13F2N3O2. The smallest absolute Gasteiger partial charge is 0.260 e. The summed E-state index contributed by atoms with van der Waals surface area (Å²) in [6.07, 6.45) is 0. The van der Waals surface area contributed by atoms with Gasteiger partial charge in [0, 0.05) is 5.56 Å². The molecule has 4 aromatic rings. The van der Waals surface area contributed by atoms with E-state index in [1.54, 1.807) is 30.3 Å². The fourth-order valence-electron chi connectivity index (χ4n) is 2.66. The van der Waals surface area contributed by atoms with Crippen molar-refractivity contribution < 1.29 is 18.1 Å². The Kier molecular flexibility index (Phi) is 4.63. The molecule has 0 saturated carbocycles. The summed E-state index contributed by atoms with van der Waals surface area (Å²) in [6.45, 7) is 0. The Labute approximate surface area is 158 Å². The lowest BCUT2D eigenvalue weighted by Crippen LogP contribution is -2.14. The van der Waals surface area contributed by atoms with Crippen LogP contribution in [0.5, 0.6) is 0 Å². The van der Waals surface area contributed by atoms with Crippen LogP contribution in [0.25, 0.3) is 22.8 Å². The van der Waals surface area contributed by atoms with E-state index in [-0.39, 0.29) is 23.1 Å². The summed E-state index contributed by atoms with van der Waals surface area (Å²) in [4.78, 5) is 16.7. The maximum atomic E-state index is 13.9. The second kappa shape index (κ2) is 7.40. The van der Waals surface area contributed by atoms with E-state index in [9.17, 15) is 13.6 Å². The average molecular weight is 377 g/mol. The number of carbonyl (C=O) groups excluding carboxylic acids is 1. The van der Waals surface area contributed by atoms with Gasteiger partial charge in [-0.1, -0.05) is 29.4 Å². The molecule has 7 heteroatoms. The van der Waals surface area contributed by atoms with Gasteiger partial charge in [-0.3, -0.25) is 4.79 Å². The standard InChI is InChI=1S/C21H13F2N3O2/c22-14-11-9-13(10-12-14)19-25-21(28-26-19)16-6-2-4-8-18(16)24-20(27)15-5-1-3-7-17(15)23/h1-12H,(H,24,27). The molecule has 0 aliphatic rings. The van der Waals surface area contributed by atoms with Crippen molar-refractivity contribution in [2.45, 2.75) is 0 Å². The van der Waals surface area contributed by atoms with Crippen molar-refractivity contribution in [3.05, 3.63) is 90.0 Å². The number of hydrogen-bond donors (Lipinski definition) is 1. The summed E-state index contributed by atoms with van der Waals surface area (Å²) in [5.74, 6) is -1.12. The molecule has 3 aromatic carbocycles. The third-order valence-corrected chi connectivity index (χ3v) is 4.05. The largest absolute Gasteiger partial charge is 0.334 e. The third kappa shape index (κ3) is 3.50. The van der Waals surface area contributed by atoms with Gasteiger partial charge in [0.15, 0.2) is 0 Å². The average Bonchev–Trinajstić information content (AvgIpc) is 3.19. The molecule has 0 bridgehead atoms. The number of rotatable bonds is 4. The van der Waals surface area contributed by atoms with E-state index in [0.29, 0.717) is 16.8 Å². The molecule has 0 fully saturated rings. The number of anilines is 1. The Balaban J connectivity index is 1.64. The fourth-order valence-corrected chi connectivity index (χ4v) is 2.66. The first-order valence-corrected chi connectivity index (χ1v) is 8.37. The van der Waals surface area contributed by atoms with Crippen molar-refractivity contribution in [3.8, 4) is 22.8 Å². The minimum Gasteiger partial charge on any atom is -0.334 e. The molecule has 138 valence electrons. The van der Waals surface area contributed by atoms with Crippen LogP contribution in [0.3, 0.4) is 0 Å². The molecule has 5 nitrogen and oxygen atoms in total. The highest BCUT2D eigenvalue weighted by atomic mass is 19.1. The zero-order valence-electron chi connectivity index (χ0n) is 14.4. The summed E-state index contributed by atoms with van der Waals surface area (Å²) in [5, 5.41) is 6.57. The van der Waals surface area contributed by atoms with Gasteiger partial charge in [-0.05, 0) is 48.5 Å². The molecule has 4 rings (SSSR count). The van der Waals surface area contributed by atoms with Crippen LogP contribution in [-0.4, -0.2) is 16.0 Å². The van der Waals surface area contributed by atoms with Gasteiger partial charge in [0.05, 0.1) is 16.8 Å². The third-order valence-electron chi connectivity index (χ3n) is 4.05. The molecule has 1 heterocycles. The Bertz CT molecular complexity index is 1140. The number of hydrogen-bond acceptors (Lipinski definition) is 4. The molecule has 1 amide bonds. The van der Waals surface area contributed by atoms with Crippen molar-refractivity contribution in [1.29, 1.82) is 0 Å². The molecule has 0 saturated heterocycles. The fraction of sp³-hybridized carbons (Fsp3) is 0. The van der Waals surface area contributed by atoms with Gasteiger partial charge in [-0.2, -0.15) is 4.98 Å². The number of nitrogens with one attached hydrogen (secondary N) is 1. The number of carbonyl (C=O) groups is 1. The highest BCUT2D eigenvalue weighted by Gasteiger charge is 2.17. The predicted octanol–water partition coefficient (Wildman–Crippen LogP) is 4.93. The van der Waals surface area contributed by atoms with E-state index < -0.39 is 11.7 Å². The molecule has 0 aliphatic carbocycles. The quantitative estimate of drug-likeness (QED) is 0.547. The van der Waals surface area contributed by atoms with Crippen LogP contribution < -0.4 is 5.32 Å². The number of aromatic nitrogens is 2. The first-order valence-electron chi connectivity index (χ1n) is 8.37. The minimum absolute atomic E-state index is 0.0742. The Morgan fingerprint density at radius 2 is 1.61 bits per heavy atom. The van der Waals surface area contributed by atoms with Gasteiger partial charge in [0.25, 0.3) is 11.8 Å². The van der Waals surface area contributed by atoms with Crippen molar-refractivity contribution in [2.75, 3.05) is 5.32 Å².